The number of carbonyl (C=O) groups is 3. The number of amides is 2. The van der Waals surface area contributed by atoms with Crippen molar-refractivity contribution in [1.29, 1.82) is 0 Å². The number of esters is 1. The van der Waals surface area contributed by atoms with E-state index in [4.69, 9.17) is 10.6 Å². The standard InChI is InChI=1S/C22H24F2N4O4/c1-2-32-22(31)19(15-9-16(23)11-17(24)10-15)13-26-20(29)7-8-21(30)28-18-5-3-14(4-6-18)12-27-25/h3-6,9-12,19H,2,7-8,13,25H2,1H3,(H,26,29)(H,28,30). The average molecular weight is 446 g/mol. The molecule has 0 aromatic heterocycles. The fourth-order valence-electron chi connectivity index (χ4n) is 2.85. The Labute approximate surface area is 183 Å². The first-order chi connectivity index (χ1) is 15.3. The Hall–Kier alpha value is -3.82. The highest BCUT2D eigenvalue weighted by Crippen LogP contribution is 2.20. The predicted molar refractivity (Wildman–Crippen MR) is 115 cm³/mol. The molecule has 0 heterocycles. The fourth-order valence-corrected chi connectivity index (χ4v) is 2.85. The summed E-state index contributed by atoms with van der Waals surface area (Å²) < 4.78 is 32.0. The van der Waals surface area contributed by atoms with Crippen molar-refractivity contribution in [3.8, 4) is 0 Å². The first-order valence-corrected chi connectivity index (χ1v) is 9.84. The van der Waals surface area contributed by atoms with Gasteiger partial charge in [0.05, 0.1) is 18.7 Å². The highest BCUT2D eigenvalue weighted by Gasteiger charge is 2.24. The lowest BCUT2D eigenvalue weighted by Crippen LogP contribution is -2.33. The van der Waals surface area contributed by atoms with Crippen LogP contribution < -0.4 is 16.5 Å². The zero-order valence-electron chi connectivity index (χ0n) is 17.4. The number of nitrogens with two attached hydrogens (primary N) is 1. The number of carbonyl (C=O) groups excluding carboxylic acids is 3. The van der Waals surface area contributed by atoms with Crippen molar-refractivity contribution in [2.75, 3.05) is 18.5 Å². The highest BCUT2D eigenvalue weighted by atomic mass is 19.1. The molecular weight excluding hydrogens is 422 g/mol. The first-order valence-electron chi connectivity index (χ1n) is 9.84. The van der Waals surface area contributed by atoms with Gasteiger partial charge in [0.2, 0.25) is 11.8 Å². The van der Waals surface area contributed by atoms with Gasteiger partial charge < -0.3 is 21.2 Å². The number of halogens is 2. The Bertz CT molecular complexity index is 960. The Morgan fingerprint density at radius 2 is 1.69 bits per heavy atom. The van der Waals surface area contributed by atoms with Crippen LogP contribution in [0.5, 0.6) is 0 Å². The van der Waals surface area contributed by atoms with Gasteiger partial charge in [-0.05, 0) is 42.3 Å². The van der Waals surface area contributed by atoms with Crippen LogP contribution >= 0.6 is 0 Å². The van der Waals surface area contributed by atoms with Gasteiger partial charge in [-0.2, -0.15) is 5.10 Å². The summed E-state index contributed by atoms with van der Waals surface area (Å²) in [4.78, 5) is 36.4. The minimum atomic E-state index is -1.09. The van der Waals surface area contributed by atoms with E-state index in [1.807, 2.05) is 0 Å². The number of nitrogens with zero attached hydrogens (tertiary/aromatic N) is 1. The van der Waals surface area contributed by atoms with E-state index < -0.39 is 29.4 Å². The number of ether oxygens (including phenoxy) is 1. The maximum absolute atomic E-state index is 13.5. The van der Waals surface area contributed by atoms with E-state index >= 15 is 0 Å². The zero-order valence-corrected chi connectivity index (χ0v) is 17.4. The van der Waals surface area contributed by atoms with Crippen LogP contribution in [0.15, 0.2) is 47.6 Å². The summed E-state index contributed by atoms with van der Waals surface area (Å²) >= 11 is 0. The number of hydrogen-bond acceptors (Lipinski definition) is 6. The number of hydrogen-bond donors (Lipinski definition) is 3. The molecule has 0 radical (unpaired) electrons. The van der Waals surface area contributed by atoms with E-state index in [1.165, 1.54) is 6.21 Å². The van der Waals surface area contributed by atoms with Gasteiger partial charge in [-0.25, -0.2) is 8.78 Å². The number of benzene rings is 2. The third-order valence-corrected chi connectivity index (χ3v) is 4.36. The van der Waals surface area contributed by atoms with Crippen molar-refractivity contribution in [3.05, 3.63) is 65.2 Å². The molecular formula is C22H24F2N4O4. The molecule has 8 nitrogen and oxygen atoms in total. The molecule has 0 saturated heterocycles. The summed E-state index contributed by atoms with van der Waals surface area (Å²) in [6, 6.07) is 9.45. The van der Waals surface area contributed by atoms with Gasteiger partial charge in [-0.3, -0.25) is 14.4 Å². The summed E-state index contributed by atoms with van der Waals surface area (Å²) in [6.45, 7) is 1.44. The Morgan fingerprint density at radius 3 is 2.28 bits per heavy atom. The second-order valence-electron chi connectivity index (χ2n) is 6.76. The summed E-state index contributed by atoms with van der Waals surface area (Å²) in [7, 11) is 0. The average Bonchev–Trinajstić information content (AvgIpc) is 2.73. The largest absolute Gasteiger partial charge is 0.465 e. The van der Waals surface area contributed by atoms with Gasteiger partial charge in [-0.1, -0.05) is 12.1 Å². The lowest BCUT2D eigenvalue weighted by atomic mass is 9.98. The van der Waals surface area contributed by atoms with Crippen molar-refractivity contribution in [2.24, 2.45) is 10.9 Å². The van der Waals surface area contributed by atoms with Crippen LogP contribution in [0.3, 0.4) is 0 Å². The van der Waals surface area contributed by atoms with Crippen molar-refractivity contribution in [2.45, 2.75) is 25.7 Å². The Morgan fingerprint density at radius 1 is 1.06 bits per heavy atom. The molecule has 0 spiro atoms. The zero-order chi connectivity index (χ0) is 23.5. The Balaban J connectivity index is 1.89. The third-order valence-electron chi connectivity index (χ3n) is 4.36. The molecule has 1 unspecified atom stereocenters. The van der Waals surface area contributed by atoms with Crippen molar-refractivity contribution in [1.82, 2.24) is 5.32 Å². The molecule has 0 aliphatic carbocycles. The summed E-state index contributed by atoms with van der Waals surface area (Å²) in [6.07, 6.45) is 1.21. The van der Waals surface area contributed by atoms with Crippen LogP contribution in [0.4, 0.5) is 14.5 Å². The van der Waals surface area contributed by atoms with Gasteiger partial charge in [0.15, 0.2) is 0 Å². The molecule has 0 saturated carbocycles. The van der Waals surface area contributed by atoms with Gasteiger partial charge in [0, 0.05) is 31.1 Å². The SMILES string of the molecule is CCOC(=O)C(CNC(=O)CCC(=O)Nc1ccc(C=NN)cc1)c1cc(F)cc(F)c1. The lowest BCUT2D eigenvalue weighted by Gasteiger charge is -2.17. The van der Waals surface area contributed by atoms with Crippen molar-refractivity contribution in [3.63, 3.8) is 0 Å². The fraction of sp³-hybridized carbons (Fsp3) is 0.273. The highest BCUT2D eigenvalue weighted by molar-refractivity contribution is 5.93. The quantitative estimate of drug-likeness (QED) is 0.224. The molecule has 0 fully saturated rings. The topological polar surface area (TPSA) is 123 Å². The molecule has 1 atom stereocenters. The normalized spacial score (nSPS) is 11.7. The number of nitrogens with one attached hydrogen (secondary N) is 2. The molecule has 2 aromatic rings. The minimum Gasteiger partial charge on any atom is -0.465 e. The van der Waals surface area contributed by atoms with E-state index in [9.17, 15) is 23.2 Å². The van der Waals surface area contributed by atoms with E-state index in [2.05, 4.69) is 15.7 Å². The van der Waals surface area contributed by atoms with Crippen molar-refractivity contribution >= 4 is 29.7 Å². The van der Waals surface area contributed by atoms with E-state index in [0.29, 0.717) is 11.8 Å². The van der Waals surface area contributed by atoms with Crippen LogP contribution in [0.1, 0.15) is 36.8 Å². The molecule has 32 heavy (non-hydrogen) atoms. The lowest BCUT2D eigenvalue weighted by molar-refractivity contribution is -0.145. The predicted octanol–water partition coefficient (Wildman–Crippen LogP) is 2.44. The van der Waals surface area contributed by atoms with Gasteiger partial charge in [-0.15, -0.1) is 0 Å². The van der Waals surface area contributed by atoms with E-state index in [-0.39, 0.29) is 37.5 Å². The monoisotopic (exact) mass is 446 g/mol. The van der Waals surface area contributed by atoms with Crippen LogP contribution in [0, 0.1) is 11.6 Å². The van der Waals surface area contributed by atoms with Gasteiger partial charge >= 0.3 is 5.97 Å². The molecule has 0 bridgehead atoms. The van der Waals surface area contributed by atoms with Crippen LogP contribution in [-0.2, 0) is 19.1 Å². The van der Waals surface area contributed by atoms with Crippen LogP contribution in [0.25, 0.3) is 0 Å². The Kier molecular flexibility index (Phi) is 9.27. The van der Waals surface area contributed by atoms with E-state index in [0.717, 1.165) is 17.7 Å². The third kappa shape index (κ3) is 7.78. The molecule has 2 aromatic carbocycles. The molecule has 4 N–H and O–H groups in total. The van der Waals surface area contributed by atoms with Crippen LogP contribution in [-0.4, -0.2) is 37.1 Å². The smallest absolute Gasteiger partial charge is 0.315 e. The first kappa shape index (κ1) is 24.4. The maximum Gasteiger partial charge on any atom is 0.315 e. The molecule has 10 heteroatoms. The molecule has 2 amide bonds. The van der Waals surface area contributed by atoms with E-state index in [1.54, 1.807) is 31.2 Å². The minimum absolute atomic E-state index is 0.0436. The molecule has 2 rings (SSSR count). The van der Waals surface area contributed by atoms with Gasteiger partial charge in [0.25, 0.3) is 0 Å². The summed E-state index contributed by atoms with van der Waals surface area (Å²) in [5.74, 6) is 0.686. The summed E-state index contributed by atoms with van der Waals surface area (Å²) in [5.41, 5.74) is 1.35. The number of hydrazone groups is 1. The molecule has 0 aliphatic heterocycles. The van der Waals surface area contributed by atoms with Crippen molar-refractivity contribution < 1.29 is 27.9 Å². The number of anilines is 1. The molecule has 0 aliphatic rings. The van der Waals surface area contributed by atoms with Gasteiger partial charge in [0.1, 0.15) is 11.6 Å². The van der Waals surface area contributed by atoms with Crippen LogP contribution in [0.2, 0.25) is 0 Å². The molecule has 170 valence electrons. The number of rotatable bonds is 10. The second kappa shape index (κ2) is 12.1. The second-order valence-corrected chi connectivity index (χ2v) is 6.76. The maximum atomic E-state index is 13.5. The summed E-state index contributed by atoms with van der Waals surface area (Å²) in [5, 5.41) is 8.56.